The summed E-state index contributed by atoms with van der Waals surface area (Å²) in [6, 6.07) is 3.55. The summed E-state index contributed by atoms with van der Waals surface area (Å²) >= 11 is 2.83. The number of rotatable bonds is 4. The highest BCUT2D eigenvalue weighted by Gasteiger charge is 2.06. The van der Waals surface area contributed by atoms with E-state index in [2.05, 4.69) is 15.3 Å². The second kappa shape index (κ2) is 5.83. The smallest absolute Gasteiger partial charge is 0.236 e. The van der Waals surface area contributed by atoms with Gasteiger partial charge in [0, 0.05) is 16.5 Å². The molecule has 5 nitrogen and oxygen atoms in total. The fourth-order valence-corrected chi connectivity index (χ4v) is 2.56. The molecule has 1 amide bonds. The molecular weight excluding hydrogens is 268 g/mol. The Kier molecular flexibility index (Phi) is 4.16. The molecule has 0 fully saturated rings. The van der Waals surface area contributed by atoms with Gasteiger partial charge in [0.2, 0.25) is 5.91 Å². The number of hydrogen-bond donors (Lipinski definition) is 2. The topological polar surface area (TPSA) is 80.9 Å². The fraction of sp³-hybridized carbons (Fsp3) is 0.182. The fourth-order valence-electron chi connectivity index (χ4n) is 1.19. The molecule has 0 spiro atoms. The minimum Gasteiger partial charge on any atom is -0.384 e. The van der Waals surface area contributed by atoms with E-state index in [4.69, 9.17) is 5.73 Å². The Hall–Kier alpha value is -1.60. The highest BCUT2D eigenvalue weighted by molar-refractivity contribution is 8.00. The summed E-state index contributed by atoms with van der Waals surface area (Å²) in [5, 5.41) is 5.28. The lowest BCUT2D eigenvalue weighted by Gasteiger charge is -2.02. The lowest BCUT2D eigenvalue weighted by molar-refractivity contribution is -0.113. The van der Waals surface area contributed by atoms with Crippen molar-refractivity contribution >= 4 is 40.0 Å². The Bertz CT molecular complexity index is 538. The van der Waals surface area contributed by atoms with Gasteiger partial charge in [-0.05, 0) is 19.1 Å². The second-order valence-corrected chi connectivity index (χ2v) is 5.46. The van der Waals surface area contributed by atoms with Crippen molar-refractivity contribution in [3.05, 3.63) is 29.4 Å². The number of hydrogen-bond acceptors (Lipinski definition) is 6. The minimum absolute atomic E-state index is 0.0776. The van der Waals surface area contributed by atoms with Gasteiger partial charge >= 0.3 is 0 Å². The van der Waals surface area contributed by atoms with Gasteiger partial charge in [-0.1, -0.05) is 0 Å². The predicted molar refractivity (Wildman–Crippen MR) is 74.9 cm³/mol. The summed E-state index contributed by atoms with van der Waals surface area (Å²) in [6.45, 7) is 1.89. The molecule has 2 aromatic heterocycles. The van der Waals surface area contributed by atoms with Crippen LogP contribution in [0.5, 0.6) is 0 Å². The molecular formula is C11H12N4OS2. The van der Waals surface area contributed by atoms with E-state index in [0.717, 1.165) is 10.6 Å². The van der Waals surface area contributed by atoms with Gasteiger partial charge in [-0.15, -0.1) is 23.1 Å². The molecule has 0 radical (unpaired) electrons. The molecule has 0 saturated heterocycles. The van der Waals surface area contributed by atoms with Gasteiger partial charge in [0.1, 0.15) is 5.82 Å². The molecule has 0 bridgehead atoms. The van der Waals surface area contributed by atoms with Gasteiger partial charge in [-0.3, -0.25) is 4.79 Å². The van der Waals surface area contributed by atoms with E-state index < -0.39 is 0 Å². The first kappa shape index (κ1) is 12.8. The van der Waals surface area contributed by atoms with Crippen molar-refractivity contribution < 1.29 is 4.79 Å². The summed E-state index contributed by atoms with van der Waals surface area (Å²) in [4.78, 5) is 20.7. The number of carbonyl (C=O) groups excluding carboxylic acids is 1. The Labute approximate surface area is 113 Å². The largest absolute Gasteiger partial charge is 0.384 e. The van der Waals surface area contributed by atoms with Gasteiger partial charge in [-0.2, -0.15) is 0 Å². The summed E-state index contributed by atoms with van der Waals surface area (Å²) < 4.78 is 0. The highest BCUT2D eigenvalue weighted by atomic mass is 32.2. The van der Waals surface area contributed by atoms with E-state index in [1.165, 1.54) is 23.1 Å². The SMILES string of the molecule is Cc1csc(NC(=O)CSc2ccc(N)nc2)n1. The van der Waals surface area contributed by atoms with Crippen molar-refractivity contribution in [3.63, 3.8) is 0 Å². The number of aromatic nitrogens is 2. The maximum Gasteiger partial charge on any atom is 0.236 e. The maximum absolute atomic E-state index is 11.7. The summed E-state index contributed by atoms with van der Waals surface area (Å²) in [5.74, 6) is 0.720. The summed E-state index contributed by atoms with van der Waals surface area (Å²) in [7, 11) is 0. The van der Waals surface area contributed by atoms with Gasteiger partial charge in [0.15, 0.2) is 5.13 Å². The van der Waals surface area contributed by atoms with Crippen LogP contribution in [0.25, 0.3) is 0 Å². The predicted octanol–water partition coefficient (Wildman–Crippen LogP) is 2.16. The van der Waals surface area contributed by atoms with E-state index in [9.17, 15) is 4.79 Å². The molecule has 94 valence electrons. The third kappa shape index (κ3) is 3.71. The number of amides is 1. The van der Waals surface area contributed by atoms with Crippen LogP contribution >= 0.6 is 23.1 Å². The van der Waals surface area contributed by atoms with Gasteiger partial charge in [-0.25, -0.2) is 9.97 Å². The number of thioether (sulfide) groups is 1. The zero-order chi connectivity index (χ0) is 13.0. The van der Waals surface area contributed by atoms with E-state index in [1.807, 2.05) is 18.4 Å². The number of nitrogens with one attached hydrogen (secondary N) is 1. The van der Waals surface area contributed by atoms with Crippen molar-refractivity contribution in [2.24, 2.45) is 0 Å². The molecule has 0 aliphatic heterocycles. The van der Waals surface area contributed by atoms with E-state index in [-0.39, 0.29) is 5.91 Å². The molecule has 0 aliphatic rings. The number of nitrogen functional groups attached to an aromatic ring is 1. The van der Waals surface area contributed by atoms with Crippen molar-refractivity contribution in [1.29, 1.82) is 0 Å². The molecule has 0 aromatic carbocycles. The first-order chi connectivity index (χ1) is 8.63. The van der Waals surface area contributed by atoms with Crippen molar-refractivity contribution in [3.8, 4) is 0 Å². The van der Waals surface area contributed by atoms with Crippen LogP contribution in [0.1, 0.15) is 5.69 Å². The van der Waals surface area contributed by atoms with Crippen LogP contribution in [-0.4, -0.2) is 21.6 Å². The number of nitrogens with zero attached hydrogens (tertiary/aromatic N) is 2. The zero-order valence-electron chi connectivity index (χ0n) is 9.71. The minimum atomic E-state index is -0.0776. The van der Waals surface area contributed by atoms with Crippen LogP contribution in [0.4, 0.5) is 10.9 Å². The molecule has 3 N–H and O–H groups in total. The molecule has 2 aromatic rings. The lowest BCUT2D eigenvalue weighted by Crippen LogP contribution is -2.13. The van der Waals surface area contributed by atoms with E-state index >= 15 is 0 Å². The Balaban J connectivity index is 1.83. The molecule has 0 aliphatic carbocycles. The Morgan fingerprint density at radius 1 is 1.56 bits per heavy atom. The van der Waals surface area contributed by atoms with E-state index in [0.29, 0.717) is 16.7 Å². The number of pyridine rings is 1. The van der Waals surface area contributed by atoms with Crippen LogP contribution in [0.3, 0.4) is 0 Å². The van der Waals surface area contributed by atoms with Crippen LogP contribution in [0.15, 0.2) is 28.6 Å². The zero-order valence-corrected chi connectivity index (χ0v) is 11.3. The number of carbonyl (C=O) groups is 1. The normalized spacial score (nSPS) is 10.3. The van der Waals surface area contributed by atoms with Gasteiger partial charge in [0.05, 0.1) is 11.4 Å². The second-order valence-electron chi connectivity index (χ2n) is 3.55. The molecule has 0 saturated carbocycles. The first-order valence-corrected chi connectivity index (χ1v) is 7.06. The standard InChI is InChI=1S/C11H12N4OS2/c1-7-5-18-11(14-7)15-10(16)6-17-8-2-3-9(12)13-4-8/h2-5H,6H2,1H3,(H2,12,13)(H,14,15,16). The van der Waals surface area contributed by atoms with Crippen LogP contribution < -0.4 is 11.1 Å². The Morgan fingerprint density at radius 2 is 2.39 bits per heavy atom. The van der Waals surface area contributed by atoms with Gasteiger partial charge in [0.25, 0.3) is 0 Å². The van der Waals surface area contributed by atoms with Gasteiger partial charge < -0.3 is 11.1 Å². The Morgan fingerprint density at radius 3 is 3.00 bits per heavy atom. The summed E-state index contributed by atoms with van der Waals surface area (Å²) in [6.07, 6.45) is 1.65. The third-order valence-corrected chi connectivity index (χ3v) is 3.85. The monoisotopic (exact) mass is 280 g/mol. The third-order valence-electron chi connectivity index (χ3n) is 1.99. The molecule has 2 rings (SSSR count). The van der Waals surface area contributed by atoms with E-state index in [1.54, 1.807) is 12.3 Å². The average molecular weight is 280 g/mol. The molecule has 0 unspecified atom stereocenters. The van der Waals surface area contributed by atoms with Crippen molar-refractivity contribution in [2.75, 3.05) is 16.8 Å². The molecule has 18 heavy (non-hydrogen) atoms. The molecule has 7 heteroatoms. The number of aryl methyl sites for hydroxylation is 1. The summed E-state index contributed by atoms with van der Waals surface area (Å²) in [5.41, 5.74) is 6.39. The maximum atomic E-state index is 11.7. The number of anilines is 2. The molecule has 0 atom stereocenters. The number of thiazole rings is 1. The quantitative estimate of drug-likeness (QED) is 0.839. The highest BCUT2D eigenvalue weighted by Crippen LogP contribution is 2.19. The van der Waals surface area contributed by atoms with Crippen LogP contribution in [0, 0.1) is 6.92 Å². The van der Waals surface area contributed by atoms with Crippen LogP contribution in [0.2, 0.25) is 0 Å². The lowest BCUT2D eigenvalue weighted by atomic mass is 10.5. The first-order valence-electron chi connectivity index (χ1n) is 5.20. The van der Waals surface area contributed by atoms with Crippen LogP contribution in [-0.2, 0) is 4.79 Å². The average Bonchev–Trinajstić information content (AvgIpc) is 2.74. The van der Waals surface area contributed by atoms with Crippen molar-refractivity contribution in [2.45, 2.75) is 11.8 Å². The van der Waals surface area contributed by atoms with Crippen molar-refractivity contribution in [1.82, 2.24) is 9.97 Å². The molecule has 2 heterocycles. The number of nitrogens with two attached hydrogens (primary N) is 1.